The minimum Gasteiger partial charge on any atom is -0.543 e. The molecule has 0 amide bonds. The van der Waals surface area contributed by atoms with Gasteiger partial charge in [-0.25, -0.2) is 4.79 Å². The number of fused-ring (bicyclic) bond motifs is 1. The van der Waals surface area contributed by atoms with Crippen molar-refractivity contribution < 1.29 is 23.5 Å². The molecule has 0 aromatic heterocycles. The van der Waals surface area contributed by atoms with Gasteiger partial charge in [-0.2, -0.15) is 0 Å². The first-order valence-corrected chi connectivity index (χ1v) is 13.4. The van der Waals surface area contributed by atoms with E-state index < -0.39 is 8.32 Å². The molecule has 0 aliphatic carbocycles. The number of methoxy groups -OCH3 is 1. The lowest BCUT2D eigenvalue weighted by Crippen LogP contribution is -2.44. The summed E-state index contributed by atoms with van der Waals surface area (Å²) in [4.78, 5) is 24.1. The van der Waals surface area contributed by atoms with E-state index in [2.05, 4.69) is 46.9 Å². The summed E-state index contributed by atoms with van der Waals surface area (Å²) < 4.78 is 16.8. The Kier molecular flexibility index (Phi) is 7.23. The monoisotopic (exact) mass is 432 g/mol. The highest BCUT2D eigenvalue weighted by atomic mass is 28.4. The molecule has 6 heteroatoms. The summed E-state index contributed by atoms with van der Waals surface area (Å²) in [7, 11) is -0.766. The molecule has 0 spiro atoms. The SMILES string of the molecule is COC(=O)CC/C(C)=C/Cc1c(C)c(C)c2c(c1O[Si](C)(C)C(C)(C)C)C(=O)OC2. The van der Waals surface area contributed by atoms with Gasteiger partial charge in [0.2, 0.25) is 0 Å². The lowest BCUT2D eigenvalue weighted by molar-refractivity contribution is -0.140. The molecule has 0 bridgehead atoms. The molecule has 0 radical (unpaired) electrons. The first kappa shape index (κ1) is 24.2. The average Bonchev–Trinajstić information content (AvgIpc) is 3.04. The van der Waals surface area contributed by atoms with Gasteiger partial charge in [-0.3, -0.25) is 4.79 Å². The number of carbonyl (C=O) groups is 2. The third kappa shape index (κ3) is 4.97. The summed E-state index contributed by atoms with van der Waals surface area (Å²) in [5, 5.41) is 0.00469. The van der Waals surface area contributed by atoms with Crippen LogP contribution in [-0.4, -0.2) is 27.4 Å². The summed E-state index contributed by atoms with van der Waals surface area (Å²) in [6, 6.07) is 0. The Balaban J connectivity index is 2.51. The highest BCUT2D eigenvalue weighted by molar-refractivity contribution is 6.74. The highest BCUT2D eigenvalue weighted by Crippen LogP contribution is 2.44. The quantitative estimate of drug-likeness (QED) is 0.309. The Morgan fingerprint density at radius 2 is 1.80 bits per heavy atom. The summed E-state index contributed by atoms with van der Waals surface area (Å²) in [5.74, 6) is 0.186. The van der Waals surface area contributed by atoms with E-state index in [0.717, 1.165) is 27.8 Å². The Bertz CT molecular complexity index is 875. The molecule has 166 valence electrons. The smallest absolute Gasteiger partial charge is 0.342 e. The normalized spacial score (nSPS) is 14.4. The van der Waals surface area contributed by atoms with Crippen molar-refractivity contribution in [1.29, 1.82) is 0 Å². The van der Waals surface area contributed by atoms with Crippen LogP contribution in [0.4, 0.5) is 0 Å². The van der Waals surface area contributed by atoms with Crippen LogP contribution in [0.1, 0.15) is 73.1 Å². The number of allylic oxidation sites excluding steroid dienone is 2. The molecule has 2 rings (SSSR count). The molecule has 1 aliphatic heterocycles. The van der Waals surface area contributed by atoms with Crippen LogP contribution in [-0.2, 0) is 27.3 Å². The predicted octanol–water partition coefficient (Wildman–Crippen LogP) is 5.80. The van der Waals surface area contributed by atoms with Crippen LogP contribution in [0.15, 0.2) is 11.6 Å². The van der Waals surface area contributed by atoms with Crippen LogP contribution in [0, 0.1) is 13.8 Å². The minimum atomic E-state index is -2.17. The zero-order chi connectivity index (χ0) is 22.9. The molecule has 1 aromatic carbocycles. The van der Waals surface area contributed by atoms with Gasteiger partial charge in [0.15, 0.2) is 0 Å². The van der Waals surface area contributed by atoms with Crippen LogP contribution >= 0.6 is 0 Å². The van der Waals surface area contributed by atoms with E-state index in [1.165, 1.54) is 7.11 Å². The van der Waals surface area contributed by atoms with E-state index in [4.69, 9.17) is 13.9 Å². The van der Waals surface area contributed by atoms with Crippen molar-refractivity contribution in [3.8, 4) is 5.75 Å². The van der Waals surface area contributed by atoms with Crippen LogP contribution in [0.5, 0.6) is 5.75 Å². The molecule has 1 aromatic rings. The number of ether oxygens (including phenoxy) is 2. The number of hydrogen-bond donors (Lipinski definition) is 0. The van der Waals surface area contributed by atoms with Crippen LogP contribution in [0.25, 0.3) is 0 Å². The van der Waals surface area contributed by atoms with Gasteiger partial charge in [0, 0.05) is 17.5 Å². The largest absolute Gasteiger partial charge is 0.543 e. The van der Waals surface area contributed by atoms with Crippen molar-refractivity contribution in [3.63, 3.8) is 0 Å². The predicted molar refractivity (Wildman–Crippen MR) is 122 cm³/mol. The van der Waals surface area contributed by atoms with Gasteiger partial charge >= 0.3 is 11.9 Å². The topological polar surface area (TPSA) is 61.8 Å². The molecule has 1 heterocycles. The van der Waals surface area contributed by atoms with Crippen molar-refractivity contribution in [1.82, 2.24) is 0 Å². The molecule has 1 aliphatic rings. The number of cyclic esters (lactones) is 1. The molecular formula is C24H36O5Si. The average molecular weight is 433 g/mol. The van der Waals surface area contributed by atoms with E-state index in [9.17, 15) is 9.59 Å². The van der Waals surface area contributed by atoms with E-state index >= 15 is 0 Å². The Morgan fingerprint density at radius 1 is 1.17 bits per heavy atom. The fourth-order valence-corrected chi connectivity index (χ4v) is 4.29. The first-order chi connectivity index (χ1) is 13.8. The maximum Gasteiger partial charge on any atom is 0.342 e. The fraction of sp³-hybridized carbons (Fsp3) is 0.583. The molecule has 0 fully saturated rings. The van der Waals surface area contributed by atoms with Gasteiger partial charge in [-0.05, 0) is 62.9 Å². The number of hydrogen-bond acceptors (Lipinski definition) is 5. The lowest BCUT2D eigenvalue weighted by Gasteiger charge is -2.38. The second-order valence-electron chi connectivity index (χ2n) is 9.68. The summed E-state index contributed by atoms with van der Waals surface area (Å²) >= 11 is 0. The van der Waals surface area contributed by atoms with Crippen LogP contribution in [0.2, 0.25) is 18.1 Å². The molecule has 0 saturated carbocycles. The van der Waals surface area contributed by atoms with Gasteiger partial charge in [0.05, 0.1) is 7.11 Å². The third-order valence-electron chi connectivity index (χ3n) is 6.59. The molecule has 0 N–H and O–H groups in total. The van der Waals surface area contributed by atoms with E-state index in [1.54, 1.807) is 0 Å². The van der Waals surface area contributed by atoms with E-state index in [0.29, 0.717) is 37.2 Å². The third-order valence-corrected chi connectivity index (χ3v) is 10.9. The van der Waals surface area contributed by atoms with Crippen molar-refractivity contribution in [3.05, 3.63) is 39.5 Å². The van der Waals surface area contributed by atoms with Crippen molar-refractivity contribution in [2.45, 2.75) is 85.5 Å². The van der Waals surface area contributed by atoms with Gasteiger partial charge in [0.25, 0.3) is 8.32 Å². The van der Waals surface area contributed by atoms with Crippen molar-refractivity contribution >= 4 is 20.3 Å². The molecule has 30 heavy (non-hydrogen) atoms. The summed E-state index contributed by atoms with van der Waals surface area (Å²) in [6.07, 6.45) is 3.77. The maximum absolute atomic E-state index is 12.6. The van der Waals surface area contributed by atoms with Crippen LogP contribution in [0.3, 0.4) is 0 Å². The summed E-state index contributed by atoms with van der Waals surface area (Å²) in [6.45, 7) is 17.4. The Hall–Kier alpha value is -2.08. The number of benzene rings is 1. The molecule has 0 saturated heterocycles. The number of carbonyl (C=O) groups excluding carboxylic acids is 2. The van der Waals surface area contributed by atoms with Gasteiger partial charge in [-0.1, -0.05) is 32.4 Å². The van der Waals surface area contributed by atoms with Crippen molar-refractivity contribution in [2.24, 2.45) is 0 Å². The number of rotatable bonds is 7. The maximum atomic E-state index is 12.6. The summed E-state index contributed by atoms with van der Waals surface area (Å²) in [5.41, 5.74) is 5.91. The highest BCUT2D eigenvalue weighted by Gasteiger charge is 2.42. The zero-order valence-electron chi connectivity index (χ0n) is 19.9. The second-order valence-corrected chi connectivity index (χ2v) is 14.4. The lowest BCUT2D eigenvalue weighted by atomic mass is 9.91. The van der Waals surface area contributed by atoms with Gasteiger partial charge < -0.3 is 13.9 Å². The Morgan fingerprint density at radius 3 is 2.37 bits per heavy atom. The molecule has 5 nitrogen and oxygen atoms in total. The fourth-order valence-electron chi connectivity index (χ4n) is 3.25. The molecular weight excluding hydrogens is 396 g/mol. The molecule has 0 unspecified atom stereocenters. The first-order valence-electron chi connectivity index (χ1n) is 10.5. The van der Waals surface area contributed by atoms with Gasteiger partial charge in [-0.15, -0.1) is 0 Å². The van der Waals surface area contributed by atoms with Crippen LogP contribution < -0.4 is 4.43 Å². The standard InChI is InChI=1S/C24H36O5Si/c1-15(11-13-20(25)27-7)10-12-18-16(2)17(3)19-14-28-23(26)21(19)22(18)29-30(8,9)24(4,5)6/h10H,11-14H2,1-9H3/b15-10+. The minimum absolute atomic E-state index is 0.00469. The van der Waals surface area contributed by atoms with Crippen molar-refractivity contribution in [2.75, 3.05) is 7.11 Å². The van der Waals surface area contributed by atoms with Gasteiger partial charge in [0.1, 0.15) is 17.9 Å². The second kappa shape index (κ2) is 8.96. The van der Waals surface area contributed by atoms with E-state index in [-0.39, 0.29) is 17.0 Å². The zero-order valence-corrected chi connectivity index (χ0v) is 20.9. The molecule has 0 atom stereocenters. The number of esters is 2. The van der Waals surface area contributed by atoms with E-state index in [1.807, 2.05) is 13.8 Å². The Labute approximate surface area is 181 Å².